The van der Waals surface area contributed by atoms with Crippen molar-refractivity contribution >= 4 is 5.57 Å². The maximum Gasteiger partial charge on any atom is 0.119 e. The molecule has 1 fully saturated rings. The Labute approximate surface area is 152 Å². The number of alkyl halides is 1. The van der Waals surface area contributed by atoms with Gasteiger partial charge in [0.15, 0.2) is 0 Å². The standard InChI is InChI=1S/C20H25FN2.C2H6/c1-20(10-12-22)11-13-23(15-19(20)21)14-16-6-8-18(9-7-16)17-4-2-3-5-17;1-2/h4,6-9,19H,2-3,5,10-11,13-15H2,1H3;1-2H3. The second-order valence-electron chi connectivity index (χ2n) is 7.26. The molecule has 1 heterocycles. The molecule has 0 N–H and O–H groups in total. The summed E-state index contributed by atoms with van der Waals surface area (Å²) in [7, 11) is 0. The second kappa shape index (κ2) is 9.15. The molecule has 3 rings (SSSR count). The first-order valence-corrected chi connectivity index (χ1v) is 9.62. The van der Waals surface area contributed by atoms with E-state index in [9.17, 15) is 4.39 Å². The third-order valence-corrected chi connectivity index (χ3v) is 5.43. The minimum Gasteiger partial charge on any atom is -0.296 e. The highest BCUT2D eigenvalue weighted by atomic mass is 19.1. The van der Waals surface area contributed by atoms with Gasteiger partial charge in [0.25, 0.3) is 0 Å². The Bertz CT molecular complexity index is 614. The van der Waals surface area contributed by atoms with E-state index in [0.29, 0.717) is 13.0 Å². The van der Waals surface area contributed by atoms with Crippen LogP contribution in [-0.2, 0) is 6.54 Å². The molecule has 25 heavy (non-hydrogen) atoms. The summed E-state index contributed by atoms with van der Waals surface area (Å²) in [5, 5.41) is 8.88. The van der Waals surface area contributed by atoms with Crippen molar-refractivity contribution in [1.82, 2.24) is 4.90 Å². The van der Waals surface area contributed by atoms with Gasteiger partial charge in [-0.25, -0.2) is 4.39 Å². The van der Waals surface area contributed by atoms with Crippen LogP contribution >= 0.6 is 0 Å². The fraction of sp³-hybridized carbons (Fsp3) is 0.591. The van der Waals surface area contributed by atoms with E-state index in [-0.39, 0.29) is 0 Å². The zero-order valence-corrected chi connectivity index (χ0v) is 15.9. The molecule has 136 valence electrons. The van der Waals surface area contributed by atoms with Crippen LogP contribution in [0.25, 0.3) is 5.57 Å². The summed E-state index contributed by atoms with van der Waals surface area (Å²) in [5.41, 5.74) is 3.56. The number of allylic oxidation sites excluding steroid dienone is 2. The highest BCUT2D eigenvalue weighted by Gasteiger charge is 2.39. The number of piperidine rings is 1. The topological polar surface area (TPSA) is 27.0 Å². The van der Waals surface area contributed by atoms with Crippen molar-refractivity contribution in [2.45, 2.75) is 65.6 Å². The SMILES string of the molecule is CC.CC1(CC#N)CCN(Cc2ccc(C3=CCCC3)cc2)CC1F. The summed E-state index contributed by atoms with van der Waals surface area (Å²) in [6, 6.07) is 10.9. The van der Waals surface area contributed by atoms with Gasteiger partial charge in [-0.3, -0.25) is 4.90 Å². The van der Waals surface area contributed by atoms with Crippen LogP contribution in [0.1, 0.15) is 64.0 Å². The molecule has 1 saturated heterocycles. The van der Waals surface area contributed by atoms with Crippen LogP contribution in [-0.4, -0.2) is 24.2 Å². The number of likely N-dealkylation sites (tertiary alicyclic amines) is 1. The van der Waals surface area contributed by atoms with Crippen molar-refractivity contribution in [1.29, 1.82) is 5.26 Å². The lowest BCUT2D eigenvalue weighted by atomic mass is 9.76. The summed E-state index contributed by atoms with van der Waals surface area (Å²) in [4.78, 5) is 2.17. The lowest BCUT2D eigenvalue weighted by Gasteiger charge is -2.41. The van der Waals surface area contributed by atoms with Crippen LogP contribution in [0, 0.1) is 16.7 Å². The lowest BCUT2D eigenvalue weighted by Crippen LogP contribution is -2.47. The quantitative estimate of drug-likeness (QED) is 0.697. The fourth-order valence-corrected chi connectivity index (χ4v) is 3.65. The van der Waals surface area contributed by atoms with Crippen molar-refractivity contribution in [2.24, 2.45) is 5.41 Å². The molecule has 1 aromatic carbocycles. The van der Waals surface area contributed by atoms with Crippen molar-refractivity contribution < 1.29 is 4.39 Å². The van der Waals surface area contributed by atoms with Crippen molar-refractivity contribution in [3.63, 3.8) is 0 Å². The van der Waals surface area contributed by atoms with Crippen LogP contribution in [0.2, 0.25) is 0 Å². The van der Waals surface area contributed by atoms with Gasteiger partial charge in [0.05, 0.1) is 6.07 Å². The smallest absolute Gasteiger partial charge is 0.119 e. The van der Waals surface area contributed by atoms with Crippen LogP contribution < -0.4 is 0 Å². The molecule has 0 radical (unpaired) electrons. The molecule has 1 aromatic rings. The minimum absolute atomic E-state index is 0.311. The average Bonchev–Trinajstić information content (AvgIpc) is 3.16. The molecular formula is C22H31FN2. The average molecular weight is 343 g/mol. The Hall–Kier alpha value is -1.66. The first-order chi connectivity index (χ1) is 12.1. The highest BCUT2D eigenvalue weighted by molar-refractivity contribution is 5.67. The monoisotopic (exact) mass is 342 g/mol. The van der Waals surface area contributed by atoms with E-state index in [1.54, 1.807) is 0 Å². The Morgan fingerprint density at radius 2 is 2.00 bits per heavy atom. The molecule has 2 aliphatic rings. The molecular weight excluding hydrogens is 311 g/mol. The molecule has 0 saturated carbocycles. The zero-order chi connectivity index (χ0) is 18.3. The van der Waals surface area contributed by atoms with Gasteiger partial charge in [-0.05, 0) is 48.9 Å². The molecule has 2 atom stereocenters. The third kappa shape index (κ3) is 4.92. The maximum atomic E-state index is 14.4. The predicted octanol–water partition coefficient (Wildman–Crippen LogP) is 5.74. The van der Waals surface area contributed by atoms with Gasteiger partial charge in [0.2, 0.25) is 0 Å². The summed E-state index contributed by atoms with van der Waals surface area (Å²) in [6.45, 7) is 8.00. The third-order valence-electron chi connectivity index (χ3n) is 5.43. The van der Waals surface area contributed by atoms with Gasteiger partial charge in [0, 0.05) is 24.9 Å². The maximum absolute atomic E-state index is 14.4. The first-order valence-electron chi connectivity index (χ1n) is 9.62. The Kier molecular flexibility index (Phi) is 7.20. The lowest BCUT2D eigenvalue weighted by molar-refractivity contribution is 0.0186. The van der Waals surface area contributed by atoms with Crippen molar-refractivity contribution in [3.8, 4) is 6.07 Å². The summed E-state index contributed by atoms with van der Waals surface area (Å²) in [6.07, 6.45) is 6.14. The molecule has 0 bridgehead atoms. The van der Waals surface area contributed by atoms with E-state index in [1.807, 2.05) is 20.8 Å². The van der Waals surface area contributed by atoms with E-state index in [0.717, 1.165) is 19.5 Å². The number of nitriles is 1. The van der Waals surface area contributed by atoms with E-state index in [1.165, 1.54) is 36.0 Å². The molecule has 2 nitrogen and oxygen atoms in total. The van der Waals surface area contributed by atoms with Gasteiger partial charge in [-0.1, -0.05) is 51.1 Å². The number of hydrogen-bond acceptors (Lipinski definition) is 2. The molecule has 1 aliphatic carbocycles. The molecule has 3 heteroatoms. The van der Waals surface area contributed by atoms with Gasteiger partial charge in [0.1, 0.15) is 6.17 Å². The second-order valence-corrected chi connectivity index (χ2v) is 7.26. The molecule has 0 spiro atoms. The van der Waals surface area contributed by atoms with Gasteiger partial charge < -0.3 is 0 Å². The summed E-state index contributed by atoms with van der Waals surface area (Å²) < 4.78 is 14.4. The van der Waals surface area contributed by atoms with E-state index in [4.69, 9.17) is 5.26 Å². The van der Waals surface area contributed by atoms with Crippen LogP contribution in [0.3, 0.4) is 0 Å². The van der Waals surface area contributed by atoms with E-state index >= 15 is 0 Å². The van der Waals surface area contributed by atoms with Gasteiger partial charge in [-0.2, -0.15) is 5.26 Å². The Morgan fingerprint density at radius 3 is 2.56 bits per heavy atom. The van der Waals surface area contributed by atoms with Gasteiger partial charge in [-0.15, -0.1) is 0 Å². The molecule has 1 aliphatic heterocycles. The number of nitrogens with zero attached hydrogens (tertiary/aromatic N) is 2. The number of benzene rings is 1. The van der Waals surface area contributed by atoms with Gasteiger partial charge >= 0.3 is 0 Å². The zero-order valence-electron chi connectivity index (χ0n) is 15.9. The van der Waals surface area contributed by atoms with E-state index in [2.05, 4.69) is 41.3 Å². The predicted molar refractivity (Wildman–Crippen MR) is 103 cm³/mol. The number of halogens is 1. The van der Waals surface area contributed by atoms with Crippen molar-refractivity contribution in [2.75, 3.05) is 13.1 Å². The Morgan fingerprint density at radius 1 is 1.28 bits per heavy atom. The Balaban J connectivity index is 0.00000109. The molecule has 0 aromatic heterocycles. The largest absolute Gasteiger partial charge is 0.296 e. The molecule has 2 unspecified atom stereocenters. The highest BCUT2D eigenvalue weighted by Crippen LogP contribution is 2.37. The van der Waals surface area contributed by atoms with Crippen LogP contribution in [0.15, 0.2) is 30.3 Å². The van der Waals surface area contributed by atoms with Crippen LogP contribution in [0.4, 0.5) is 4.39 Å². The van der Waals surface area contributed by atoms with Crippen molar-refractivity contribution in [3.05, 3.63) is 41.5 Å². The minimum atomic E-state index is -0.918. The fourth-order valence-electron chi connectivity index (χ4n) is 3.65. The number of hydrogen-bond donors (Lipinski definition) is 0. The molecule has 0 amide bonds. The summed E-state index contributed by atoms with van der Waals surface area (Å²) >= 11 is 0. The first kappa shape index (κ1) is 19.7. The number of rotatable bonds is 4. The van der Waals surface area contributed by atoms with E-state index < -0.39 is 11.6 Å². The normalized spacial score (nSPS) is 26.4. The summed E-state index contributed by atoms with van der Waals surface area (Å²) in [5.74, 6) is 0. The van der Waals surface area contributed by atoms with Crippen LogP contribution in [0.5, 0.6) is 0 Å².